The molecule has 0 unspecified atom stereocenters. The molecule has 80 valence electrons. The molecule has 1 aromatic rings. The maximum Gasteiger partial charge on any atom is 0.0366 e. The first kappa shape index (κ1) is 13.0. The molecule has 0 atom stereocenters. The van der Waals surface area contributed by atoms with Gasteiger partial charge in [-0.1, -0.05) is 32.0 Å². The third-order valence-electron chi connectivity index (χ3n) is 2.11. The van der Waals surface area contributed by atoms with Gasteiger partial charge in [0, 0.05) is 18.8 Å². The van der Waals surface area contributed by atoms with Crippen LogP contribution in [0.4, 0.5) is 5.69 Å². The number of anilines is 1. The average molecular weight is 195 g/mol. The molecule has 0 aliphatic rings. The van der Waals surface area contributed by atoms with Crippen molar-refractivity contribution in [2.24, 2.45) is 0 Å². The van der Waals surface area contributed by atoms with Crippen molar-refractivity contribution in [1.82, 2.24) is 0 Å². The summed E-state index contributed by atoms with van der Waals surface area (Å²) in [5.41, 5.74) is 1.35. The maximum atomic E-state index is 2.44. The predicted molar refractivity (Wildman–Crippen MR) is 62.9 cm³/mol. The largest absolute Gasteiger partial charge is 0.412 e. The summed E-state index contributed by atoms with van der Waals surface area (Å²) in [7, 11) is 0. The zero-order valence-electron chi connectivity index (χ0n) is 9.16. The molecule has 2 nitrogen and oxygen atoms in total. The number of benzene rings is 1. The van der Waals surface area contributed by atoms with Crippen LogP contribution in [-0.2, 0) is 0 Å². The molecule has 0 aliphatic carbocycles. The smallest absolute Gasteiger partial charge is 0.0366 e. The van der Waals surface area contributed by atoms with E-state index < -0.39 is 0 Å². The van der Waals surface area contributed by atoms with Gasteiger partial charge in [0.15, 0.2) is 0 Å². The third-order valence-corrected chi connectivity index (χ3v) is 2.11. The molecular formula is C12H21NO. The highest BCUT2D eigenvalue weighted by Gasteiger charge is 2.01. The maximum absolute atomic E-state index is 2.44. The Hall–Kier alpha value is -1.02. The molecule has 0 bridgehead atoms. The monoisotopic (exact) mass is 195 g/mol. The molecule has 1 aromatic carbocycles. The summed E-state index contributed by atoms with van der Waals surface area (Å²) in [4.78, 5) is 2.44. The first-order valence-corrected chi connectivity index (χ1v) is 5.18. The minimum Gasteiger partial charge on any atom is -0.412 e. The Balaban J connectivity index is 0.00000169. The lowest BCUT2D eigenvalue weighted by atomic mass is 10.2. The number of nitrogens with zero attached hydrogens (tertiary/aromatic N) is 1. The molecule has 2 heteroatoms. The Morgan fingerprint density at radius 1 is 0.929 bits per heavy atom. The fourth-order valence-corrected chi connectivity index (χ4v) is 1.55. The van der Waals surface area contributed by atoms with Crippen molar-refractivity contribution in [2.45, 2.75) is 26.7 Å². The van der Waals surface area contributed by atoms with Crippen LogP contribution in [0.2, 0.25) is 0 Å². The van der Waals surface area contributed by atoms with Crippen LogP contribution in [0.3, 0.4) is 0 Å². The minimum atomic E-state index is 0. The van der Waals surface area contributed by atoms with Crippen LogP contribution in [0.5, 0.6) is 0 Å². The van der Waals surface area contributed by atoms with Crippen molar-refractivity contribution >= 4 is 5.69 Å². The van der Waals surface area contributed by atoms with Crippen LogP contribution in [0.15, 0.2) is 30.3 Å². The van der Waals surface area contributed by atoms with Crippen LogP contribution >= 0.6 is 0 Å². The van der Waals surface area contributed by atoms with E-state index in [1.165, 1.54) is 18.5 Å². The average Bonchev–Trinajstić information content (AvgIpc) is 2.19. The SMILES string of the molecule is CCCN(CCC)c1ccccc1.O. The standard InChI is InChI=1S/C12H19N.H2O/c1-3-10-13(11-4-2)12-8-6-5-7-9-12;/h5-9H,3-4,10-11H2,1-2H3;1H2. The Kier molecular flexibility index (Phi) is 6.85. The number of hydrogen-bond acceptors (Lipinski definition) is 1. The van der Waals surface area contributed by atoms with Crippen molar-refractivity contribution in [2.75, 3.05) is 18.0 Å². The normalized spacial score (nSPS) is 9.29. The van der Waals surface area contributed by atoms with E-state index in [0.717, 1.165) is 13.1 Å². The van der Waals surface area contributed by atoms with Gasteiger partial charge in [0.1, 0.15) is 0 Å². The first-order chi connectivity index (χ1) is 6.38. The van der Waals surface area contributed by atoms with E-state index in [-0.39, 0.29) is 5.48 Å². The van der Waals surface area contributed by atoms with Crippen LogP contribution in [0.25, 0.3) is 0 Å². The molecule has 0 amide bonds. The van der Waals surface area contributed by atoms with Gasteiger partial charge in [0.05, 0.1) is 0 Å². The lowest BCUT2D eigenvalue weighted by molar-refractivity contribution is 0.745. The van der Waals surface area contributed by atoms with E-state index in [4.69, 9.17) is 0 Å². The Labute approximate surface area is 86.9 Å². The summed E-state index contributed by atoms with van der Waals surface area (Å²) in [5, 5.41) is 0. The van der Waals surface area contributed by atoms with E-state index in [1.54, 1.807) is 0 Å². The Morgan fingerprint density at radius 3 is 1.86 bits per heavy atom. The minimum absolute atomic E-state index is 0. The van der Waals surface area contributed by atoms with Crippen LogP contribution in [0.1, 0.15) is 26.7 Å². The summed E-state index contributed by atoms with van der Waals surface area (Å²) < 4.78 is 0. The van der Waals surface area contributed by atoms with E-state index >= 15 is 0 Å². The molecule has 1 rings (SSSR count). The van der Waals surface area contributed by atoms with Gasteiger partial charge in [-0.2, -0.15) is 0 Å². The van der Waals surface area contributed by atoms with Crippen molar-refractivity contribution < 1.29 is 5.48 Å². The molecule has 2 N–H and O–H groups in total. The lowest BCUT2D eigenvalue weighted by Crippen LogP contribution is -2.24. The molecule has 0 saturated carbocycles. The highest BCUT2D eigenvalue weighted by atomic mass is 16.0. The van der Waals surface area contributed by atoms with Crippen LogP contribution < -0.4 is 4.90 Å². The second-order valence-corrected chi connectivity index (χ2v) is 3.32. The Morgan fingerprint density at radius 2 is 1.43 bits per heavy atom. The molecular weight excluding hydrogens is 174 g/mol. The first-order valence-electron chi connectivity index (χ1n) is 5.18. The van der Waals surface area contributed by atoms with Gasteiger partial charge in [-0.15, -0.1) is 0 Å². The second-order valence-electron chi connectivity index (χ2n) is 3.32. The second kappa shape index (κ2) is 7.39. The van der Waals surface area contributed by atoms with Crippen molar-refractivity contribution in [3.63, 3.8) is 0 Å². The van der Waals surface area contributed by atoms with Gasteiger partial charge in [0.25, 0.3) is 0 Å². The number of para-hydroxylation sites is 1. The summed E-state index contributed by atoms with van der Waals surface area (Å²) in [6.45, 7) is 6.78. The van der Waals surface area contributed by atoms with E-state index in [9.17, 15) is 0 Å². The predicted octanol–water partition coefficient (Wildman–Crippen LogP) is 2.49. The quantitative estimate of drug-likeness (QED) is 0.710. The molecule has 0 saturated heterocycles. The van der Waals surface area contributed by atoms with Crippen LogP contribution in [0, 0.1) is 0 Å². The fraction of sp³-hybridized carbons (Fsp3) is 0.500. The van der Waals surface area contributed by atoms with Crippen molar-refractivity contribution in [1.29, 1.82) is 0 Å². The molecule has 0 aliphatic heterocycles. The lowest BCUT2D eigenvalue weighted by Gasteiger charge is -2.23. The van der Waals surface area contributed by atoms with Crippen molar-refractivity contribution in [3.05, 3.63) is 30.3 Å². The summed E-state index contributed by atoms with van der Waals surface area (Å²) in [5.74, 6) is 0. The molecule has 0 aromatic heterocycles. The van der Waals surface area contributed by atoms with Gasteiger partial charge in [-0.05, 0) is 25.0 Å². The Bertz CT molecular complexity index is 217. The fourth-order valence-electron chi connectivity index (χ4n) is 1.55. The molecule has 0 radical (unpaired) electrons. The third kappa shape index (κ3) is 3.79. The summed E-state index contributed by atoms with van der Waals surface area (Å²) in [6.07, 6.45) is 2.43. The molecule has 14 heavy (non-hydrogen) atoms. The van der Waals surface area contributed by atoms with Gasteiger partial charge in [-0.3, -0.25) is 0 Å². The molecule has 0 heterocycles. The van der Waals surface area contributed by atoms with Gasteiger partial charge in [-0.25, -0.2) is 0 Å². The van der Waals surface area contributed by atoms with Gasteiger partial charge >= 0.3 is 0 Å². The molecule has 0 fully saturated rings. The van der Waals surface area contributed by atoms with Crippen molar-refractivity contribution in [3.8, 4) is 0 Å². The highest BCUT2D eigenvalue weighted by Crippen LogP contribution is 2.13. The summed E-state index contributed by atoms with van der Waals surface area (Å²) >= 11 is 0. The molecule has 0 spiro atoms. The van der Waals surface area contributed by atoms with E-state index in [1.807, 2.05) is 0 Å². The number of hydrogen-bond donors (Lipinski definition) is 0. The highest BCUT2D eigenvalue weighted by molar-refractivity contribution is 5.45. The van der Waals surface area contributed by atoms with Crippen LogP contribution in [-0.4, -0.2) is 18.6 Å². The summed E-state index contributed by atoms with van der Waals surface area (Å²) in [6, 6.07) is 10.7. The number of rotatable bonds is 5. The van der Waals surface area contributed by atoms with E-state index in [2.05, 4.69) is 49.1 Å². The van der Waals surface area contributed by atoms with Gasteiger partial charge in [0.2, 0.25) is 0 Å². The van der Waals surface area contributed by atoms with E-state index in [0.29, 0.717) is 0 Å². The topological polar surface area (TPSA) is 34.7 Å². The zero-order valence-corrected chi connectivity index (χ0v) is 9.16. The van der Waals surface area contributed by atoms with Gasteiger partial charge < -0.3 is 10.4 Å². The zero-order chi connectivity index (χ0) is 9.52.